The summed E-state index contributed by atoms with van der Waals surface area (Å²) in [7, 11) is 1.54. The molecule has 1 fully saturated rings. The number of aliphatic carboxylic acids is 1. The molecule has 2 atom stereocenters. The van der Waals surface area contributed by atoms with Crippen LogP contribution in [0.4, 0.5) is 0 Å². The summed E-state index contributed by atoms with van der Waals surface area (Å²) >= 11 is 0. The number of carbonyl (C=O) groups is 3. The second kappa shape index (κ2) is 11.8. The van der Waals surface area contributed by atoms with Gasteiger partial charge in [-0.2, -0.15) is 0 Å². The van der Waals surface area contributed by atoms with E-state index in [1.165, 1.54) is 7.11 Å². The molecule has 0 radical (unpaired) electrons. The molecule has 9 nitrogen and oxygen atoms in total. The molecule has 0 aromatic heterocycles. The van der Waals surface area contributed by atoms with E-state index < -0.39 is 24.0 Å². The normalized spacial score (nSPS) is 16.0. The molecular formula is C21H27N3O6. The molecule has 162 valence electrons. The largest absolute Gasteiger partial charge is 0.497 e. The van der Waals surface area contributed by atoms with Gasteiger partial charge in [-0.3, -0.25) is 14.5 Å². The molecular weight excluding hydrogens is 390 g/mol. The summed E-state index contributed by atoms with van der Waals surface area (Å²) in [4.78, 5) is 38.5. The highest BCUT2D eigenvalue weighted by Gasteiger charge is 2.27. The molecule has 2 rings (SSSR count). The highest BCUT2D eigenvalue weighted by molar-refractivity contribution is 5.91. The Balaban J connectivity index is 1.96. The molecule has 30 heavy (non-hydrogen) atoms. The topological polar surface area (TPSA) is 117 Å². The first-order valence-electron chi connectivity index (χ1n) is 9.62. The van der Waals surface area contributed by atoms with Gasteiger partial charge in [0.1, 0.15) is 17.8 Å². The van der Waals surface area contributed by atoms with E-state index >= 15 is 0 Å². The standard InChI is InChI=1S/C21H27N3O6/c1-3-4-17(22-19(25)14-24-9-11-30-12-10-24)20(26)23-18(21(27)28)13-15-5-7-16(29-2)8-6-15/h1,5-8,17-18H,4,9-14H2,2H3,(H,22,25)(H,23,26)(H,27,28). The highest BCUT2D eigenvalue weighted by atomic mass is 16.5. The van der Waals surface area contributed by atoms with Gasteiger partial charge in [-0.1, -0.05) is 12.1 Å². The number of benzene rings is 1. The third-order valence-corrected chi connectivity index (χ3v) is 4.66. The van der Waals surface area contributed by atoms with Crippen LogP contribution in [0.25, 0.3) is 0 Å². The molecule has 9 heteroatoms. The van der Waals surface area contributed by atoms with E-state index in [0.29, 0.717) is 37.6 Å². The van der Waals surface area contributed by atoms with Crippen LogP contribution in [0.15, 0.2) is 24.3 Å². The van der Waals surface area contributed by atoms with Crippen molar-refractivity contribution in [3.8, 4) is 18.1 Å². The van der Waals surface area contributed by atoms with Crippen LogP contribution in [0.5, 0.6) is 5.75 Å². The van der Waals surface area contributed by atoms with Crippen molar-refractivity contribution in [2.45, 2.75) is 24.9 Å². The molecule has 1 aliphatic rings. The Bertz CT molecular complexity index is 768. The lowest BCUT2D eigenvalue weighted by Crippen LogP contribution is -2.54. The zero-order valence-electron chi connectivity index (χ0n) is 16.9. The first-order chi connectivity index (χ1) is 14.4. The SMILES string of the molecule is C#CCC(NC(=O)CN1CCOCC1)C(=O)NC(Cc1ccc(OC)cc1)C(=O)O. The summed E-state index contributed by atoms with van der Waals surface area (Å²) in [5.74, 6) is 0.828. The number of ether oxygens (including phenoxy) is 2. The van der Waals surface area contributed by atoms with Crippen molar-refractivity contribution in [3.05, 3.63) is 29.8 Å². The Morgan fingerprint density at radius 2 is 1.87 bits per heavy atom. The number of terminal acetylenes is 1. The lowest BCUT2D eigenvalue weighted by atomic mass is 10.0. The minimum Gasteiger partial charge on any atom is -0.497 e. The summed E-state index contributed by atoms with van der Waals surface area (Å²) in [6.07, 6.45) is 5.37. The van der Waals surface area contributed by atoms with Gasteiger partial charge in [0.2, 0.25) is 11.8 Å². The van der Waals surface area contributed by atoms with E-state index in [1.807, 2.05) is 4.90 Å². The average molecular weight is 417 g/mol. The summed E-state index contributed by atoms with van der Waals surface area (Å²) in [6.45, 7) is 2.47. The Kier molecular flexibility index (Phi) is 9.12. The molecule has 3 N–H and O–H groups in total. The van der Waals surface area contributed by atoms with Crippen molar-refractivity contribution in [2.75, 3.05) is 40.0 Å². The number of amides is 2. The van der Waals surface area contributed by atoms with E-state index in [0.717, 1.165) is 0 Å². The van der Waals surface area contributed by atoms with Gasteiger partial charge in [0.15, 0.2) is 0 Å². The molecule has 1 aromatic rings. The average Bonchev–Trinajstić information content (AvgIpc) is 2.74. The predicted molar refractivity (Wildman–Crippen MR) is 109 cm³/mol. The Labute approximate surface area is 175 Å². The van der Waals surface area contributed by atoms with Crippen molar-refractivity contribution in [2.24, 2.45) is 0 Å². The van der Waals surface area contributed by atoms with Crippen molar-refractivity contribution < 1.29 is 29.0 Å². The molecule has 1 aromatic carbocycles. The predicted octanol–water partition coefficient (Wildman–Crippen LogP) is -0.353. The Morgan fingerprint density at radius 1 is 1.20 bits per heavy atom. The highest BCUT2D eigenvalue weighted by Crippen LogP contribution is 2.13. The zero-order chi connectivity index (χ0) is 21.9. The number of carboxylic acids is 1. The smallest absolute Gasteiger partial charge is 0.326 e. The number of methoxy groups -OCH3 is 1. The van der Waals surface area contributed by atoms with Crippen LogP contribution in [0.3, 0.4) is 0 Å². The Hall–Kier alpha value is -3.09. The first kappa shape index (κ1) is 23.2. The van der Waals surface area contributed by atoms with Crippen molar-refractivity contribution in [1.29, 1.82) is 0 Å². The fraction of sp³-hybridized carbons (Fsp3) is 0.476. The maximum absolute atomic E-state index is 12.6. The van der Waals surface area contributed by atoms with Gasteiger partial charge in [0.25, 0.3) is 0 Å². The number of morpholine rings is 1. The minimum absolute atomic E-state index is 0.0461. The lowest BCUT2D eigenvalue weighted by molar-refractivity contribution is -0.142. The molecule has 2 unspecified atom stereocenters. The summed E-state index contributed by atoms with van der Waals surface area (Å²) < 4.78 is 10.3. The number of nitrogens with one attached hydrogen (secondary N) is 2. The summed E-state index contributed by atoms with van der Waals surface area (Å²) in [5.41, 5.74) is 0.716. The van der Waals surface area contributed by atoms with Crippen molar-refractivity contribution >= 4 is 17.8 Å². The lowest BCUT2D eigenvalue weighted by Gasteiger charge is -2.27. The van der Waals surface area contributed by atoms with E-state index in [9.17, 15) is 19.5 Å². The van der Waals surface area contributed by atoms with Crippen LogP contribution in [0, 0.1) is 12.3 Å². The van der Waals surface area contributed by atoms with Crippen LogP contribution in [-0.4, -0.2) is 79.8 Å². The fourth-order valence-corrected chi connectivity index (χ4v) is 3.00. The first-order valence-corrected chi connectivity index (χ1v) is 9.62. The molecule has 1 aliphatic heterocycles. The van der Waals surface area contributed by atoms with Gasteiger partial charge < -0.3 is 25.2 Å². The van der Waals surface area contributed by atoms with Gasteiger partial charge in [0.05, 0.1) is 26.9 Å². The van der Waals surface area contributed by atoms with E-state index in [1.54, 1.807) is 24.3 Å². The number of rotatable bonds is 10. The quantitative estimate of drug-likeness (QED) is 0.446. The minimum atomic E-state index is -1.18. The molecule has 0 saturated carbocycles. The number of nitrogens with zero attached hydrogens (tertiary/aromatic N) is 1. The van der Waals surface area contributed by atoms with Gasteiger partial charge in [-0.25, -0.2) is 4.79 Å². The summed E-state index contributed by atoms with van der Waals surface area (Å²) in [6, 6.07) is 4.70. The molecule has 0 bridgehead atoms. The van der Waals surface area contributed by atoms with Crippen LogP contribution in [-0.2, 0) is 25.5 Å². The molecule has 1 heterocycles. The van der Waals surface area contributed by atoms with Crippen LogP contribution >= 0.6 is 0 Å². The van der Waals surface area contributed by atoms with Gasteiger partial charge >= 0.3 is 5.97 Å². The molecule has 1 saturated heterocycles. The Morgan fingerprint density at radius 3 is 2.43 bits per heavy atom. The van der Waals surface area contributed by atoms with Crippen molar-refractivity contribution in [3.63, 3.8) is 0 Å². The van der Waals surface area contributed by atoms with Gasteiger partial charge in [-0.05, 0) is 17.7 Å². The molecule has 2 amide bonds. The van der Waals surface area contributed by atoms with E-state index in [2.05, 4.69) is 16.6 Å². The number of hydrogen-bond acceptors (Lipinski definition) is 6. The second-order valence-electron chi connectivity index (χ2n) is 6.87. The number of carbonyl (C=O) groups excluding carboxylic acids is 2. The van der Waals surface area contributed by atoms with E-state index in [-0.39, 0.29) is 25.3 Å². The maximum atomic E-state index is 12.6. The summed E-state index contributed by atoms with van der Waals surface area (Å²) in [5, 5.41) is 14.6. The number of hydrogen-bond donors (Lipinski definition) is 3. The maximum Gasteiger partial charge on any atom is 0.326 e. The fourth-order valence-electron chi connectivity index (χ4n) is 3.00. The van der Waals surface area contributed by atoms with Crippen molar-refractivity contribution in [1.82, 2.24) is 15.5 Å². The molecule has 0 aliphatic carbocycles. The monoisotopic (exact) mass is 417 g/mol. The van der Waals surface area contributed by atoms with E-state index in [4.69, 9.17) is 15.9 Å². The second-order valence-corrected chi connectivity index (χ2v) is 6.87. The third-order valence-electron chi connectivity index (χ3n) is 4.66. The van der Waals surface area contributed by atoms with Crippen LogP contribution < -0.4 is 15.4 Å². The van der Waals surface area contributed by atoms with Crippen LogP contribution in [0.1, 0.15) is 12.0 Å². The van der Waals surface area contributed by atoms with Crippen LogP contribution in [0.2, 0.25) is 0 Å². The van der Waals surface area contributed by atoms with Gasteiger partial charge in [0, 0.05) is 25.9 Å². The third kappa shape index (κ3) is 7.39. The van der Waals surface area contributed by atoms with Gasteiger partial charge in [-0.15, -0.1) is 12.3 Å². The molecule has 0 spiro atoms. The number of carboxylic acid groups (broad SMARTS) is 1. The zero-order valence-corrected chi connectivity index (χ0v) is 16.9.